The van der Waals surface area contributed by atoms with E-state index in [1.165, 1.54) is 6.33 Å². The van der Waals surface area contributed by atoms with Gasteiger partial charge in [0.1, 0.15) is 12.0 Å². The molecule has 1 atom stereocenters. The van der Waals surface area contributed by atoms with Gasteiger partial charge < -0.3 is 5.32 Å². The zero-order valence-electron chi connectivity index (χ0n) is 8.24. The minimum atomic E-state index is -0.0661. The molecule has 1 aliphatic rings. The Labute approximate surface area is 107 Å². The maximum Gasteiger partial charge on any atom is 0.228 e. The van der Waals surface area contributed by atoms with E-state index in [-0.39, 0.29) is 22.1 Å². The van der Waals surface area contributed by atoms with E-state index in [0.29, 0.717) is 5.69 Å². The zero-order chi connectivity index (χ0) is 11.5. The van der Waals surface area contributed by atoms with Crippen LogP contribution in [0.1, 0.15) is 6.42 Å². The highest BCUT2D eigenvalue weighted by atomic mass is 35.5. The van der Waals surface area contributed by atoms with Crippen molar-refractivity contribution in [2.75, 3.05) is 16.8 Å². The molecule has 1 aromatic rings. The van der Waals surface area contributed by atoms with E-state index < -0.39 is 0 Å². The van der Waals surface area contributed by atoms with Crippen molar-refractivity contribution in [3.8, 4) is 0 Å². The van der Waals surface area contributed by atoms with Crippen molar-refractivity contribution >= 4 is 46.6 Å². The van der Waals surface area contributed by atoms with Crippen LogP contribution in [0, 0.1) is 5.92 Å². The lowest BCUT2D eigenvalue weighted by Crippen LogP contribution is -2.23. The number of carbonyl (C=O) groups excluding carboxylic acids is 1. The van der Waals surface area contributed by atoms with Crippen LogP contribution >= 0.6 is 35.0 Å². The Kier molecular flexibility index (Phi) is 3.89. The summed E-state index contributed by atoms with van der Waals surface area (Å²) in [5.74, 6) is 1.82. The molecule has 1 unspecified atom stereocenters. The second-order valence-electron chi connectivity index (χ2n) is 3.38. The second-order valence-corrected chi connectivity index (χ2v) is 5.25. The number of nitrogens with one attached hydrogen (secondary N) is 1. The molecule has 7 heteroatoms. The van der Waals surface area contributed by atoms with Crippen molar-refractivity contribution in [2.45, 2.75) is 6.42 Å². The third kappa shape index (κ3) is 2.59. The summed E-state index contributed by atoms with van der Waals surface area (Å²) in [6.07, 6.45) is 2.14. The first-order valence-electron chi connectivity index (χ1n) is 4.73. The van der Waals surface area contributed by atoms with Gasteiger partial charge in [0, 0.05) is 11.7 Å². The predicted molar refractivity (Wildman–Crippen MR) is 66.1 cm³/mol. The molecule has 0 saturated carbocycles. The van der Waals surface area contributed by atoms with Gasteiger partial charge in [-0.3, -0.25) is 4.79 Å². The summed E-state index contributed by atoms with van der Waals surface area (Å²) in [5.41, 5.74) is 0.299. The Morgan fingerprint density at radius 3 is 2.69 bits per heavy atom. The van der Waals surface area contributed by atoms with Gasteiger partial charge in [-0.2, -0.15) is 11.8 Å². The number of rotatable bonds is 2. The van der Waals surface area contributed by atoms with Gasteiger partial charge in [-0.25, -0.2) is 9.97 Å². The smallest absolute Gasteiger partial charge is 0.228 e. The summed E-state index contributed by atoms with van der Waals surface area (Å²) in [6, 6.07) is 0. The quantitative estimate of drug-likeness (QED) is 0.844. The molecule has 1 saturated heterocycles. The average Bonchev–Trinajstić information content (AvgIpc) is 2.76. The van der Waals surface area contributed by atoms with Crippen molar-refractivity contribution in [1.29, 1.82) is 0 Å². The number of aromatic nitrogens is 2. The Bertz CT molecular complexity index is 389. The zero-order valence-corrected chi connectivity index (χ0v) is 10.6. The molecule has 1 aromatic heterocycles. The highest BCUT2D eigenvalue weighted by Crippen LogP contribution is 2.29. The Hall–Kier alpha value is -0.520. The monoisotopic (exact) mass is 277 g/mol. The number of anilines is 1. The van der Waals surface area contributed by atoms with Gasteiger partial charge >= 0.3 is 0 Å². The highest BCUT2D eigenvalue weighted by molar-refractivity contribution is 7.99. The lowest BCUT2D eigenvalue weighted by atomic mass is 10.1. The number of hydrogen-bond donors (Lipinski definition) is 1. The Balaban J connectivity index is 2.11. The van der Waals surface area contributed by atoms with Crippen LogP contribution in [0.15, 0.2) is 6.33 Å². The summed E-state index contributed by atoms with van der Waals surface area (Å²) in [6.45, 7) is 0. The van der Waals surface area contributed by atoms with Crippen LogP contribution in [-0.4, -0.2) is 27.4 Å². The van der Waals surface area contributed by atoms with Gasteiger partial charge in [0.25, 0.3) is 0 Å². The van der Waals surface area contributed by atoms with E-state index in [1.807, 2.05) is 0 Å². The van der Waals surface area contributed by atoms with Crippen LogP contribution in [0.2, 0.25) is 10.3 Å². The van der Waals surface area contributed by atoms with Crippen LogP contribution in [0.3, 0.4) is 0 Å². The van der Waals surface area contributed by atoms with Gasteiger partial charge in [-0.1, -0.05) is 23.2 Å². The molecule has 0 aliphatic carbocycles. The molecule has 1 fully saturated rings. The molecule has 0 aromatic carbocycles. The molecule has 2 heterocycles. The Morgan fingerprint density at radius 2 is 2.12 bits per heavy atom. The molecular weight excluding hydrogens is 269 g/mol. The van der Waals surface area contributed by atoms with Crippen LogP contribution in [0.4, 0.5) is 5.69 Å². The number of carbonyl (C=O) groups is 1. The topological polar surface area (TPSA) is 54.9 Å². The standard InChI is InChI=1S/C9H9Cl2N3OS/c10-7-6(8(11)13-4-12-7)14-9(15)5-1-2-16-3-5/h4-5H,1-3H2,(H,14,15). The van der Waals surface area contributed by atoms with Crippen molar-refractivity contribution in [3.05, 3.63) is 16.6 Å². The maximum absolute atomic E-state index is 11.8. The summed E-state index contributed by atoms with van der Waals surface area (Å²) >= 11 is 13.4. The fourth-order valence-corrected chi connectivity index (χ4v) is 3.04. The van der Waals surface area contributed by atoms with E-state index >= 15 is 0 Å². The van der Waals surface area contributed by atoms with Crippen molar-refractivity contribution in [2.24, 2.45) is 5.92 Å². The van der Waals surface area contributed by atoms with E-state index in [1.54, 1.807) is 11.8 Å². The molecule has 0 radical (unpaired) electrons. The normalized spacial score (nSPS) is 19.8. The van der Waals surface area contributed by atoms with E-state index in [2.05, 4.69) is 15.3 Å². The molecule has 1 aliphatic heterocycles. The van der Waals surface area contributed by atoms with Crippen molar-refractivity contribution in [3.63, 3.8) is 0 Å². The summed E-state index contributed by atoms with van der Waals surface area (Å²) in [4.78, 5) is 19.4. The largest absolute Gasteiger partial charge is 0.321 e. The van der Waals surface area contributed by atoms with Crippen LogP contribution in [0.25, 0.3) is 0 Å². The van der Waals surface area contributed by atoms with Gasteiger partial charge in [0.05, 0.1) is 0 Å². The van der Waals surface area contributed by atoms with Gasteiger partial charge in [0.15, 0.2) is 10.3 Å². The molecule has 0 spiro atoms. The minimum absolute atomic E-state index is 0.0253. The molecule has 4 nitrogen and oxygen atoms in total. The first-order chi connectivity index (χ1) is 7.68. The SMILES string of the molecule is O=C(Nc1c(Cl)ncnc1Cl)C1CCSC1. The molecule has 16 heavy (non-hydrogen) atoms. The van der Waals surface area contributed by atoms with E-state index in [9.17, 15) is 4.79 Å². The van der Waals surface area contributed by atoms with E-state index in [0.717, 1.165) is 17.9 Å². The summed E-state index contributed by atoms with van der Waals surface area (Å²) < 4.78 is 0. The number of thioether (sulfide) groups is 1. The molecule has 2 rings (SSSR count). The summed E-state index contributed by atoms with van der Waals surface area (Å²) in [7, 11) is 0. The van der Waals surface area contributed by atoms with Gasteiger partial charge in [0.2, 0.25) is 5.91 Å². The molecule has 1 amide bonds. The fourth-order valence-electron chi connectivity index (χ4n) is 1.41. The van der Waals surface area contributed by atoms with E-state index in [4.69, 9.17) is 23.2 Å². The lowest BCUT2D eigenvalue weighted by Gasteiger charge is -2.11. The first-order valence-corrected chi connectivity index (χ1v) is 6.64. The minimum Gasteiger partial charge on any atom is -0.321 e. The molecule has 1 N–H and O–H groups in total. The highest BCUT2D eigenvalue weighted by Gasteiger charge is 2.24. The maximum atomic E-state index is 11.8. The fraction of sp³-hybridized carbons (Fsp3) is 0.444. The average molecular weight is 278 g/mol. The van der Waals surface area contributed by atoms with Crippen LogP contribution in [-0.2, 0) is 4.79 Å². The Morgan fingerprint density at radius 1 is 1.44 bits per heavy atom. The van der Waals surface area contributed by atoms with Gasteiger partial charge in [-0.05, 0) is 12.2 Å². The van der Waals surface area contributed by atoms with Crippen molar-refractivity contribution < 1.29 is 4.79 Å². The third-order valence-electron chi connectivity index (χ3n) is 2.30. The lowest BCUT2D eigenvalue weighted by molar-refractivity contribution is -0.119. The van der Waals surface area contributed by atoms with Gasteiger partial charge in [-0.15, -0.1) is 0 Å². The second kappa shape index (κ2) is 5.21. The number of nitrogens with zero attached hydrogens (tertiary/aromatic N) is 2. The third-order valence-corrected chi connectivity index (χ3v) is 4.04. The molecule has 86 valence electrons. The molecule has 0 bridgehead atoms. The number of amides is 1. The number of halogens is 2. The predicted octanol–water partition coefficient (Wildman–Crippen LogP) is 2.48. The summed E-state index contributed by atoms with van der Waals surface area (Å²) in [5, 5.41) is 3.01. The first kappa shape index (κ1) is 12.0. The van der Waals surface area contributed by atoms with Crippen LogP contribution in [0.5, 0.6) is 0 Å². The van der Waals surface area contributed by atoms with Crippen molar-refractivity contribution in [1.82, 2.24) is 9.97 Å². The van der Waals surface area contributed by atoms with Crippen LogP contribution < -0.4 is 5.32 Å². The number of hydrogen-bond acceptors (Lipinski definition) is 4. The molecular formula is C9H9Cl2N3OS.